The number of pyridine rings is 1. The van der Waals surface area contributed by atoms with Crippen molar-refractivity contribution in [1.82, 2.24) is 4.98 Å². The molecule has 0 unspecified atom stereocenters. The minimum absolute atomic E-state index is 0.107. The van der Waals surface area contributed by atoms with Gasteiger partial charge in [0.15, 0.2) is 0 Å². The summed E-state index contributed by atoms with van der Waals surface area (Å²) in [5.41, 5.74) is 2.58. The lowest BCUT2D eigenvalue weighted by Crippen LogP contribution is -2.12. The molecule has 5 heteroatoms. The third-order valence-electron chi connectivity index (χ3n) is 5.33. The van der Waals surface area contributed by atoms with E-state index in [0.717, 1.165) is 28.8 Å². The Morgan fingerprint density at radius 1 is 0.742 bits per heavy atom. The van der Waals surface area contributed by atoms with Crippen molar-refractivity contribution in [1.29, 1.82) is 0 Å². The second-order valence-electron chi connectivity index (χ2n) is 8.58. The van der Waals surface area contributed by atoms with Crippen molar-refractivity contribution in [2.45, 2.75) is 32.4 Å². The Hall–Kier alpha value is -3.21. The van der Waals surface area contributed by atoms with Gasteiger partial charge in [0.05, 0.1) is 11.3 Å². The summed E-state index contributed by atoms with van der Waals surface area (Å²) in [5, 5.41) is -0.236. The van der Waals surface area contributed by atoms with E-state index in [1.54, 1.807) is 18.3 Å². The summed E-state index contributed by atoms with van der Waals surface area (Å²) in [5.74, 6) is -0.891. The summed E-state index contributed by atoms with van der Waals surface area (Å²) < 4.78 is 55.4. The Bertz CT molecular complexity index is 1270. The molecular weight excluding hydrogens is 402 g/mol. The number of fused-ring (bicyclic) bond motifs is 1. The molecule has 0 radical (unpaired) electrons. The molecule has 1 aromatic heterocycles. The summed E-state index contributed by atoms with van der Waals surface area (Å²) in [6, 6.07) is 18.0. The average molecular weight is 423 g/mol. The van der Waals surface area contributed by atoms with Gasteiger partial charge in [-0.05, 0) is 57.8 Å². The predicted molar refractivity (Wildman–Crippen MR) is 116 cm³/mol. The SMILES string of the molecule is CC(C)(C)c1ccccc1-c1ccnc(-c2cc(C(F)(F)F)c3c(F)cccc3c2)c1. The summed E-state index contributed by atoms with van der Waals surface area (Å²) in [6.45, 7) is 6.34. The number of alkyl halides is 3. The average Bonchev–Trinajstić information content (AvgIpc) is 2.72. The third kappa shape index (κ3) is 4.05. The van der Waals surface area contributed by atoms with E-state index in [4.69, 9.17) is 0 Å². The summed E-state index contributed by atoms with van der Waals surface area (Å²) in [7, 11) is 0. The fraction of sp³-hybridized carbons (Fsp3) is 0.192. The van der Waals surface area contributed by atoms with Crippen LogP contribution in [0, 0.1) is 5.82 Å². The fourth-order valence-electron chi connectivity index (χ4n) is 3.90. The van der Waals surface area contributed by atoms with Gasteiger partial charge in [-0.1, -0.05) is 57.2 Å². The van der Waals surface area contributed by atoms with Gasteiger partial charge >= 0.3 is 6.18 Å². The monoisotopic (exact) mass is 423 g/mol. The van der Waals surface area contributed by atoms with Crippen molar-refractivity contribution >= 4 is 10.8 Å². The van der Waals surface area contributed by atoms with Gasteiger partial charge in [0.25, 0.3) is 0 Å². The van der Waals surface area contributed by atoms with Crippen LogP contribution < -0.4 is 0 Å². The van der Waals surface area contributed by atoms with Crippen LogP contribution in [0.2, 0.25) is 0 Å². The number of nitrogens with zero attached hydrogens (tertiary/aromatic N) is 1. The molecule has 0 aliphatic heterocycles. The Morgan fingerprint density at radius 2 is 1.48 bits per heavy atom. The van der Waals surface area contributed by atoms with E-state index < -0.39 is 22.9 Å². The Morgan fingerprint density at radius 3 is 2.19 bits per heavy atom. The molecular formula is C26H21F4N. The topological polar surface area (TPSA) is 12.9 Å². The first kappa shape index (κ1) is 21.0. The van der Waals surface area contributed by atoms with E-state index in [-0.39, 0.29) is 10.8 Å². The van der Waals surface area contributed by atoms with Crippen LogP contribution in [0.4, 0.5) is 17.6 Å². The van der Waals surface area contributed by atoms with Crippen LogP contribution in [0.25, 0.3) is 33.2 Å². The number of hydrogen-bond acceptors (Lipinski definition) is 1. The largest absolute Gasteiger partial charge is 0.417 e. The maximum Gasteiger partial charge on any atom is 0.417 e. The number of halogens is 4. The highest BCUT2D eigenvalue weighted by Gasteiger charge is 2.34. The molecule has 0 aliphatic rings. The Balaban J connectivity index is 1.92. The molecule has 0 N–H and O–H groups in total. The molecule has 4 rings (SSSR count). The van der Waals surface area contributed by atoms with E-state index >= 15 is 0 Å². The maximum atomic E-state index is 14.2. The lowest BCUT2D eigenvalue weighted by Gasteiger charge is -2.23. The lowest BCUT2D eigenvalue weighted by atomic mass is 9.82. The van der Waals surface area contributed by atoms with Crippen LogP contribution in [-0.4, -0.2) is 4.98 Å². The van der Waals surface area contributed by atoms with Gasteiger partial charge in [0, 0.05) is 17.1 Å². The van der Waals surface area contributed by atoms with Gasteiger partial charge in [-0.15, -0.1) is 0 Å². The van der Waals surface area contributed by atoms with E-state index in [0.29, 0.717) is 11.3 Å². The Kier molecular flexibility index (Phi) is 5.08. The molecule has 158 valence electrons. The van der Waals surface area contributed by atoms with Crippen LogP contribution in [0.15, 0.2) is 72.9 Å². The van der Waals surface area contributed by atoms with Crippen LogP contribution in [-0.2, 0) is 11.6 Å². The second kappa shape index (κ2) is 7.49. The van der Waals surface area contributed by atoms with Crippen molar-refractivity contribution in [3.63, 3.8) is 0 Å². The molecule has 3 aromatic carbocycles. The lowest BCUT2D eigenvalue weighted by molar-refractivity contribution is -0.136. The summed E-state index contributed by atoms with van der Waals surface area (Å²) in [4.78, 5) is 4.32. The number of hydrogen-bond donors (Lipinski definition) is 0. The van der Waals surface area contributed by atoms with Crippen LogP contribution in [0.3, 0.4) is 0 Å². The molecule has 0 amide bonds. The standard InChI is InChI=1S/C26H21F4N/c1-25(2,3)20-9-5-4-8-19(20)16-11-12-31-23(15-16)18-13-17-7-6-10-22(27)24(17)21(14-18)26(28,29)30/h4-15H,1-3H3. The van der Waals surface area contributed by atoms with Crippen molar-refractivity contribution in [2.75, 3.05) is 0 Å². The van der Waals surface area contributed by atoms with Crippen LogP contribution in [0.1, 0.15) is 31.9 Å². The zero-order valence-electron chi connectivity index (χ0n) is 17.4. The smallest absolute Gasteiger partial charge is 0.256 e. The minimum Gasteiger partial charge on any atom is -0.256 e. The summed E-state index contributed by atoms with van der Waals surface area (Å²) >= 11 is 0. The van der Waals surface area contributed by atoms with Gasteiger partial charge in [0.1, 0.15) is 5.82 Å². The Labute approximate surface area is 178 Å². The molecule has 0 bridgehead atoms. The second-order valence-corrected chi connectivity index (χ2v) is 8.58. The first-order chi connectivity index (χ1) is 14.6. The van der Waals surface area contributed by atoms with E-state index in [9.17, 15) is 17.6 Å². The van der Waals surface area contributed by atoms with Gasteiger partial charge in [-0.2, -0.15) is 13.2 Å². The quantitative estimate of drug-likeness (QED) is 0.297. The fourth-order valence-corrected chi connectivity index (χ4v) is 3.90. The first-order valence-corrected chi connectivity index (χ1v) is 9.91. The third-order valence-corrected chi connectivity index (χ3v) is 5.33. The van der Waals surface area contributed by atoms with Gasteiger partial charge < -0.3 is 0 Å². The van der Waals surface area contributed by atoms with E-state index in [2.05, 4.69) is 31.8 Å². The highest BCUT2D eigenvalue weighted by atomic mass is 19.4. The highest BCUT2D eigenvalue weighted by Crippen LogP contribution is 2.40. The van der Waals surface area contributed by atoms with Gasteiger partial charge in [-0.3, -0.25) is 4.98 Å². The maximum absolute atomic E-state index is 14.2. The molecule has 0 fully saturated rings. The molecule has 0 saturated heterocycles. The molecule has 4 aromatic rings. The summed E-state index contributed by atoms with van der Waals surface area (Å²) in [6.07, 6.45) is -3.10. The zero-order valence-corrected chi connectivity index (χ0v) is 17.4. The molecule has 0 atom stereocenters. The molecule has 1 heterocycles. The first-order valence-electron chi connectivity index (χ1n) is 9.91. The van der Waals surface area contributed by atoms with E-state index in [1.807, 2.05) is 24.3 Å². The zero-order chi connectivity index (χ0) is 22.4. The van der Waals surface area contributed by atoms with Crippen molar-refractivity contribution in [3.05, 3.63) is 89.9 Å². The highest BCUT2D eigenvalue weighted by molar-refractivity contribution is 5.91. The van der Waals surface area contributed by atoms with Gasteiger partial charge in [0.2, 0.25) is 0 Å². The number of aromatic nitrogens is 1. The molecule has 0 spiro atoms. The molecule has 0 saturated carbocycles. The van der Waals surface area contributed by atoms with Crippen molar-refractivity contribution < 1.29 is 17.6 Å². The van der Waals surface area contributed by atoms with Crippen LogP contribution in [0.5, 0.6) is 0 Å². The van der Waals surface area contributed by atoms with Crippen molar-refractivity contribution in [2.24, 2.45) is 0 Å². The molecule has 0 aliphatic carbocycles. The van der Waals surface area contributed by atoms with Crippen LogP contribution >= 0.6 is 0 Å². The normalized spacial score (nSPS) is 12.4. The number of benzene rings is 3. The van der Waals surface area contributed by atoms with Gasteiger partial charge in [-0.25, -0.2) is 4.39 Å². The predicted octanol–water partition coefficient (Wildman–Crippen LogP) is 8.02. The molecule has 31 heavy (non-hydrogen) atoms. The van der Waals surface area contributed by atoms with Crippen molar-refractivity contribution in [3.8, 4) is 22.4 Å². The number of rotatable bonds is 2. The van der Waals surface area contributed by atoms with E-state index in [1.165, 1.54) is 12.1 Å². The minimum atomic E-state index is -4.69. The molecule has 1 nitrogen and oxygen atoms in total.